The summed E-state index contributed by atoms with van der Waals surface area (Å²) in [5.74, 6) is -2.83. The van der Waals surface area contributed by atoms with E-state index in [1.807, 2.05) is 55.5 Å². The van der Waals surface area contributed by atoms with Gasteiger partial charge in [0.25, 0.3) is 11.8 Å². The summed E-state index contributed by atoms with van der Waals surface area (Å²) >= 11 is 0. The van der Waals surface area contributed by atoms with E-state index in [0.29, 0.717) is 24.0 Å². The number of amides is 2. The molecular weight excluding hydrogens is 496 g/mol. The molecule has 1 unspecified atom stereocenters. The lowest BCUT2D eigenvalue weighted by atomic mass is 9.79. The summed E-state index contributed by atoms with van der Waals surface area (Å²) in [6.45, 7) is 2.25. The summed E-state index contributed by atoms with van der Waals surface area (Å²) in [7, 11) is 0. The molecule has 8 nitrogen and oxygen atoms in total. The zero-order chi connectivity index (χ0) is 27.6. The average Bonchev–Trinajstić information content (AvgIpc) is 3.77. The third-order valence-corrected chi connectivity index (χ3v) is 7.26. The molecule has 1 fully saturated rings. The Morgan fingerprint density at radius 3 is 2.49 bits per heavy atom. The van der Waals surface area contributed by atoms with E-state index in [1.165, 1.54) is 4.90 Å². The number of benzene rings is 2. The number of nitrogens with zero attached hydrogens (tertiary/aromatic N) is 1. The molecule has 5 rings (SSSR count). The fraction of sp³-hybridized carbons (Fsp3) is 0.258. The largest absolute Gasteiger partial charge is 0.475 e. The Morgan fingerprint density at radius 1 is 1.08 bits per heavy atom. The lowest BCUT2D eigenvalue weighted by Gasteiger charge is -2.44. The van der Waals surface area contributed by atoms with Crippen LogP contribution in [0.1, 0.15) is 41.6 Å². The van der Waals surface area contributed by atoms with E-state index in [9.17, 15) is 19.5 Å². The predicted octanol–water partition coefficient (Wildman–Crippen LogP) is 4.83. The van der Waals surface area contributed by atoms with Crippen LogP contribution in [-0.4, -0.2) is 39.9 Å². The van der Waals surface area contributed by atoms with Gasteiger partial charge in [-0.1, -0.05) is 66.3 Å². The molecule has 0 radical (unpaired) electrons. The first-order valence-corrected chi connectivity index (χ1v) is 12.9. The molecule has 8 heteroatoms. The number of rotatable bonds is 9. The van der Waals surface area contributed by atoms with Crippen LogP contribution in [0.3, 0.4) is 0 Å². The van der Waals surface area contributed by atoms with Gasteiger partial charge in [0.2, 0.25) is 11.3 Å². The smallest absolute Gasteiger partial charge is 0.375 e. The highest BCUT2D eigenvalue weighted by Crippen LogP contribution is 2.43. The van der Waals surface area contributed by atoms with Gasteiger partial charge in [-0.25, -0.2) is 4.79 Å². The second-order valence-electron chi connectivity index (χ2n) is 10.0. The van der Waals surface area contributed by atoms with Crippen LogP contribution in [0.2, 0.25) is 0 Å². The summed E-state index contributed by atoms with van der Waals surface area (Å²) in [6, 6.07) is 15.2. The third-order valence-electron chi connectivity index (χ3n) is 7.26. The van der Waals surface area contributed by atoms with Gasteiger partial charge in [-0.2, -0.15) is 0 Å². The molecule has 3 aliphatic rings. The van der Waals surface area contributed by atoms with E-state index in [0.717, 1.165) is 42.1 Å². The first-order chi connectivity index (χ1) is 18.8. The highest BCUT2D eigenvalue weighted by Gasteiger charge is 2.55. The van der Waals surface area contributed by atoms with Gasteiger partial charge in [-0.3, -0.25) is 9.59 Å². The fourth-order valence-corrected chi connectivity index (χ4v) is 5.15. The van der Waals surface area contributed by atoms with E-state index in [1.54, 1.807) is 18.2 Å². The number of hydrogen-bond donors (Lipinski definition) is 2. The lowest BCUT2D eigenvalue weighted by molar-refractivity contribution is -0.136. The Kier molecular flexibility index (Phi) is 7.11. The van der Waals surface area contributed by atoms with Crippen molar-refractivity contribution < 1.29 is 29.0 Å². The number of carboxylic acid groups (broad SMARTS) is 1. The van der Waals surface area contributed by atoms with Gasteiger partial charge in [0.15, 0.2) is 5.76 Å². The predicted molar refractivity (Wildman–Crippen MR) is 145 cm³/mol. The van der Waals surface area contributed by atoms with Crippen molar-refractivity contribution in [1.82, 2.24) is 4.90 Å². The van der Waals surface area contributed by atoms with Gasteiger partial charge in [-0.15, -0.1) is 0 Å². The molecule has 2 aromatic carbocycles. The van der Waals surface area contributed by atoms with E-state index >= 15 is 0 Å². The molecule has 2 aliphatic carbocycles. The van der Waals surface area contributed by atoms with Crippen LogP contribution in [0.5, 0.6) is 0 Å². The minimum atomic E-state index is -1.83. The third kappa shape index (κ3) is 4.97. The molecule has 39 heavy (non-hydrogen) atoms. The average molecular weight is 527 g/mol. The first-order valence-electron chi connectivity index (χ1n) is 12.9. The van der Waals surface area contributed by atoms with Crippen LogP contribution in [0.25, 0.3) is 11.1 Å². The van der Waals surface area contributed by atoms with Gasteiger partial charge in [0.05, 0.1) is 0 Å². The van der Waals surface area contributed by atoms with Crippen LogP contribution < -0.4 is 5.73 Å². The summed E-state index contributed by atoms with van der Waals surface area (Å²) in [5, 5.41) is 9.34. The second kappa shape index (κ2) is 10.6. The Morgan fingerprint density at radius 2 is 1.87 bits per heavy atom. The van der Waals surface area contributed by atoms with Crippen molar-refractivity contribution >= 4 is 17.8 Å². The number of nitrogens with two attached hydrogens (primary N) is 1. The molecule has 2 amide bonds. The van der Waals surface area contributed by atoms with Crippen molar-refractivity contribution in [3.05, 3.63) is 108 Å². The standard InChI is InChI=1S/C31H30N2O6/c1-20-8-7-9-22(16-20)24-12-5-6-13-25(24)28(34)33(17-21-14-15-21)31(30(32)37,23-10-3-2-4-11-23)27-19-38-26(18-39-27)29(35)36/h2-3,5-10,12-13,16,18-19,21H,4,11,14-15,17H2,1H3,(H2,32,37)(H,35,36). The van der Waals surface area contributed by atoms with Crippen molar-refractivity contribution in [3.8, 4) is 11.1 Å². The highest BCUT2D eigenvalue weighted by molar-refractivity contribution is 6.06. The minimum Gasteiger partial charge on any atom is -0.475 e. The van der Waals surface area contributed by atoms with Crippen molar-refractivity contribution in [2.24, 2.45) is 11.7 Å². The Bertz CT molecular complexity index is 1450. The minimum absolute atomic E-state index is 0.0522. The molecule has 1 atom stereocenters. The zero-order valence-electron chi connectivity index (χ0n) is 21.6. The van der Waals surface area contributed by atoms with Crippen LogP contribution in [0, 0.1) is 12.8 Å². The molecule has 0 aromatic heterocycles. The second-order valence-corrected chi connectivity index (χ2v) is 10.0. The molecular formula is C31H30N2O6. The van der Waals surface area contributed by atoms with Gasteiger partial charge < -0.3 is 25.2 Å². The molecule has 3 N–H and O–H groups in total. The Hall–Kier alpha value is -4.59. The first kappa shape index (κ1) is 26.0. The maximum atomic E-state index is 14.6. The number of carboxylic acids is 1. The summed E-state index contributed by atoms with van der Waals surface area (Å²) in [5.41, 5.74) is 8.01. The molecule has 0 spiro atoms. The number of primary amides is 1. The molecule has 1 saturated carbocycles. The van der Waals surface area contributed by atoms with Crippen LogP contribution in [0.15, 0.2) is 96.4 Å². The van der Waals surface area contributed by atoms with Crippen molar-refractivity contribution in [2.45, 2.75) is 38.1 Å². The van der Waals surface area contributed by atoms with E-state index < -0.39 is 23.2 Å². The summed E-state index contributed by atoms with van der Waals surface area (Å²) < 4.78 is 11.1. The monoisotopic (exact) mass is 526 g/mol. The molecule has 200 valence electrons. The maximum Gasteiger partial charge on any atom is 0.375 e. The van der Waals surface area contributed by atoms with E-state index in [-0.39, 0.29) is 24.1 Å². The molecule has 1 aliphatic heterocycles. The molecule has 1 heterocycles. The highest BCUT2D eigenvalue weighted by atomic mass is 16.6. The summed E-state index contributed by atoms with van der Waals surface area (Å²) in [6.07, 6.45) is 10.5. The maximum absolute atomic E-state index is 14.6. The van der Waals surface area contributed by atoms with Crippen molar-refractivity contribution in [2.75, 3.05) is 6.54 Å². The van der Waals surface area contributed by atoms with Gasteiger partial charge in [0.1, 0.15) is 12.5 Å². The Balaban J connectivity index is 1.69. The Labute approximate surface area is 226 Å². The van der Waals surface area contributed by atoms with Crippen molar-refractivity contribution in [1.29, 1.82) is 0 Å². The lowest BCUT2D eigenvalue weighted by Crippen LogP contribution is -2.63. The van der Waals surface area contributed by atoms with E-state index in [4.69, 9.17) is 15.2 Å². The number of carbonyl (C=O) groups excluding carboxylic acids is 2. The number of hydrogen-bond acceptors (Lipinski definition) is 5. The molecule has 0 saturated heterocycles. The van der Waals surface area contributed by atoms with Crippen LogP contribution in [0.4, 0.5) is 0 Å². The van der Waals surface area contributed by atoms with Gasteiger partial charge in [0, 0.05) is 12.1 Å². The SMILES string of the molecule is Cc1cccc(-c2ccccc2C(=O)N(CC2CC2)C(C(N)=O)(C2=CC=CCC2)C2=COC(C(=O)O)=CO2)c1. The number of carbonyl (C=O) groups is 3. The topological polar surface area (TPSA) is 119 Å². The van der Waals surface area contributed by atoms with Gasteiger partial charge in [-0.05, 0) is 61.3 Å². The van der Waals surface area contributed by atoms with Gasteiger partial charge >= 0.3 is 5.97 Å². The zero-order valence-corrected chi connectivity index (χ0v) is 21.6. The van der Waals surface area contributed by atoms with Crippen LogP contribution in [-0.2, 0) is 19.1 Å². The quantitative estimate of drug-likeness (QED) is 0.483. The van der Waals surface area contributed by atoms with Crippen molar-refractivity contribution in [3.63, 3.8) is 0 Å². The number of ether oxygens (including phenoxy) is 2. The summed E-state index contributed by atoms with van der Waals surface area (Å²) in [4.78, 5) is 41.2. The number of aryl methyl sites for hydroxylation is 1. The normalized spacial score (nSPS) is 17.9. The number of allylic oxidation sites excluding steroid dienone is 3. The molecule has 0 bridgehead atoms. The fourth-order valence-electron chi connectivity index (χ4n) is 5.15. The van der Waals surface area contributed by atoms with E-state index in [2.05, 4.69) is 0 Å². The number of aliphatic carboxylic acids is 1. The van der Waals surface area contributed by atoms with Crippen LogP contribution >= 0.6 is 0 Å². The molecule has 2 aromatic rings.